The lowest BCUT2D eigenvalue weighted by Gasteiger charge is -2.06. The van der Waals surface area contributed by atoms with Crippen molar-refractivity contribution in [2.75, 3.05) is 0 Å². The van der Waals surface area contributed by atoms with Crippen LogP contribution in [-0.2, 0) is 4.79 Å². The zero-order chi connectivity index (χ0) is 17.8. The van der Waals surface area contributed by atoms with Crippen LogP contribution in [0.3, 0.4) is 0 Å². The highest BCUT2D eigenvalue weighted by Crippen LogP contribution is 2.33. The Morgan fingerprint density at radius 3 is 2.43 bits per heavy atom. The Morgan fingerprint density at radius 1 is 1.35 bits per heavy atom. The summed E-state index contributed by atoms with van der Waals surface area (Å²) in [6.07, 6.45) is 2.26. The number of rotatable bonds is 3. The minimum absolute atomic E-state index is 0.00630. The van der Waals surface area contributed by atoms with Gasteiger partial charge in [0.2, 0.25) is 0 Å². The molecule has 0 saturated heterocycles. The van der Waals surface area contributed by atoms with E-state index in [0.29, 0.717) is 0 Å². The van der Waals surface area contributed by atoms with Gasteiger partial charge in [0.05, 0.1) is 12.0 Å². The van der Waals surface area contributed by atoms with Gasteiger partial charge in [-0.05, 0) is 25.5 Å². The molecule has 0 atom stereocenters. The molecule has 2 rings (SSSR count). The normalized spacial score (nSPS) is 12.4. The molecule has 23 heavy (non-hydrogen) atoms. The van der Waals surface area contributed by atoms with Gasteiger partial charge in [0, 0.05) is 15.5 Å². The molecular formula is C18H25NO3S. The Balaban J connectivity index is 0.000000515. The van der Waals surface area contributed by atoms with Gasteiger partial charge in [0.25, 0.3) is 5.91 Å². The minimum Gasteiger partial charge on any atom is -0.481 e. The molecule has 0 radical (unpaired) electrons. The zero-order valence-corrected chi connectivity index (χ0v) is 15.0. The lowest BCUT2D eigenvalue weighted by Crippen LogP contribution is -2.22. The molecule has 1 aromatic rings. The van der Waals surface area contributed by atoms with Crippen molar-refractivity contribution in [2.24, 2.45) is 0 Å². The number of carboxylic acid groups (broad SMARTS) is 1. The van der Waals surface area contributed by atoms with Crippen LogP contribution < -0.4 is 5.32 Å². The number of carboxylic acids is 1. The average Bonchev–Trinajstić information content (AvgIpc) is 2.66. The van der Waals surface area contributed by atoms with Crippen LogP contribution in [0.1, 0.15) is 50.9 Å². The SMILES string of the molecule is C=CCC(=O)O.CC.CCC1=C(C)Sc2ccccc2C(=O)N1. The number of nitrogens with one attached hydrogen (secondary N) is 1. The van der Waals surface area contributed by atoms with Crippen LogP contribution in [0.4, 0.5) is 0 Å². The number of carbonyl (C=O) groups is 2. The van der Waals surface area contributed by atoms with E-state index in [1.165, 1.54) is 11.0 Å². The molecule has 0 unspecified atom stereocenters. The molecule has 0 saturated carbocycles. The van der Waals surface area contributed by atoms with E-state index in [4.69, 9.17) is 5.11 Å². The fourth-order valence-corrected chi connectivity index (χ4v) is 2.79. The van der Waals surface area contributed by atoms with E-state index in [1.807, 2.05) is 45.0 Å². The highest BCUT2D eigenvalue weighted by molar-refractivity contribution is 8.03. The first-order valence-corrected chi connectivity index (χ1v) is 8.41. The van der Waals surface area contributed by atoms with E-state index >= 15 is 0 Å². The van der Waals surface area contributed by atoms with Crippen LogP contribution in [0.15, 0.2) is 52.4 Å². The van der Waals surface area contributed by atoms with E-state index in [2.05, 4.69) is 18.8 Å². The summed E-state index contributed by atoms with van der Waals surface area (Å²) < 4.78 is 0. The molecular weight excluding hydrogens is 310 g/mol. The number of thioether (sulfide) groups is 1. The highest BCUT2D eigenvalue weighted by atomic mass is 32.2. The van der Waals surface area contributed by atoms with Crippen molar-refractivity contribution in [3.05, 3.63) is 53.1 Å². The van der Waals surface area contributed by atoms with Crippen LogP contribution in [0, 0.1) is 0 Å². The molecule has 0 spiro atoms. The number of amides is 1. The maximum Gasteiger partial charge on any atom is 0.307 e. The van der Waals surface area contributed by atoms with E-state index in [0.717, 1.165) is 22.6 Å². The van der Waals surface area contributed by atoms with E-state index < -0.39 is 5.97 Å². The first kappa shape index (κ1) is 21.0. The summed E-state index contributed by atoms with van der Waals surface area (Å²) in [4.78, 5) is 23.6. The van der Waals surface area contributed by atoms with Gasteiger partial charge in [0.1, 0.15) is 0 Å². The second kappa shape index (κ2) is 11.5. The Labute approximate surface area is 142 Å². The van der Waals surface area contributed by atoms with Crippen LogP contribution in [0.2, 0.25) is 0 Å². The Bertz CT molecular complexity index is 579. The second-order valence-electron chi connectivity index (χ2n) is 4.33. The fourth-order valence-electron chi connectivity index (χ4n) is 1.72. The molecule has 5 heteroatoms. The van der Waals surface area contributed by atoms with Crippen LogP contribution in [0.5, 0.6) is 0 Å². The maximum absolute atomic E-state index is 11.9. The number of aliphatic carboxylic acids is 1. The molecule has 1 amide bonds. The summed E-state index contributed by atoms with van der Waals surface area (Å²) in [5.41, 5.74) is 1.80. The van der Waals surface area contributed by atoms with Crippen LogP contribution >= 0.6 is 11.8 Å². The van der Waals surface area contributed by atoms with Gasteiger partial charge in [-0.25, -0.2) is 0 Å². The molecule has 1 aliphatic rings. The Hall–Kier alpha value is -2.01. The number of carbonyl (C=O) groups excluding carboxylic acids is 1. The average molecular weight is 335 g/mol. The molecule has 126 valence electrons. The topological polar surface area (TPSA) is 66.4 Å². The lowest BCUT2D eigenvalue weighted by atomic mass is 10.2. The van der Waals surface area contributed by atoms with E-state index in [1.54, 1.807) is 11.8 Å². The van der Waals surface area contributed by atoms with Crippen molar-refractivity contribution < 1.29 is 14.7 Å². The van der Waals surface area contributed by atoms with Gasteiger partial charge in [-0.3, -0.25) is 9.59 Å². The molecule has 1 aliphatic heterocycles. The molecule has 1 aromatic carbocycles. The summed E-state index contributed by atoms with van der Waals surface area (Å²) in [5, 5.41) is 10.8. The van der Waals surface area contributed by atoms with Crippen molar-refractivity contribution in [3.63, 3.8) is 0 Å². The molecule has 4 nitrogen and oxygen atoms in total. The number of hydrogen-bond acceptors (Lipinski definition) is 3. The van der Waals surface area contributed by atoms with Gasteiger partial charge in [-0.1, -0.05) is 50.7 Å². The first-order valence-electron chi connectivity index (χ1n) is 7.60. The third-order valence-electron chi connectivity index (χ3n) is 2.76. The summed E-state index contributed by atoms with van der Waals surface area (Å²) in [6, 6.07) is 7.71. The minimum atomic E-state index is -0.829. The van der Waals surface area contributed by atoms with Crippen molar-refractivity contribution in [1.29, 1.82) is 0 Å². The van der Waals surface area contributed by atoms with Crippen molar-refractivity contribution >= 4 is 23.6 Å². The standard InChI is InChI=1S/C12H13NOS.C4H6O2.C2H6/c1-3-10-8(2)15-11-7-5-4-6-9(11)12(14)13-10;1-2-3-4(5)6;1-2/h4-7H,3H2,1-2H3,(H,13,14);2H,1,3H2,(H,5,6);1-2H3. The molecule has 0 bridgehead atoms. The van der Waals surface area contributed by atoms with Gasteiger partial charge in [0.15, 0.2) is 0 Å². The summed E-state index contributed by atoms with van der Waals surface area (Å²) in [5.74, 6) is -0.822. The number of benzene rings is 1. The summed E-state index contributed by atoms with van der Waals surface area (Å²) in [6.45, 7) is 11.3. The lowest BCUT2D eigenvalue weighted by molar-refractivity contribution is -0.135. The molecule has 0 aromatic heterocycles. The highest BCUT2D eigenvalue weighted by Gasteiger charge is 2.18. The molecule has 2 N–H and O–H groups in total. The summed E-state index contributed by atoms with van der Waals surface area (Å²) >= 11 is 1.67. The van der Waals surface area contributed by atoms with E-state index in [-0.39, 0.29) is 12.3 Å². The maximum atomic E-state index is 11.9. The molecule has 0 aliphatic carbocycles. The van der Waals surface area contributed by atoms with Crippen molar-refractivity contribution in [1.82, 2.24) is 5.32 Å². The van der Waals surface area contributed by atoms with Crippen LogP contribution in [-0.4, -0.2) is 17.0 Å². The Kier molecular flexibility index (Phi) is 10.5. The van der Waals surface area contributed by atoms with E-state index in [9.17, 15) is 9.59 Å². The smallest absolute Gasteiger partial charge is 0.307 e. The summed E-state index contributed by atoms with van der Waals surface area (Å²) in [7, 11) is 0. The predicted octanol–water partition coefficient (Wildman–Crippen LogP) is 4.84. The van der Waals surface area contributed by atoms with Gasteiger partial charge >= 0.3 is 5.97 Å². The third kappa shape index (κ3) is 7.19. The number of fused-ring (bicyclic) bond motifs is 1. The number of hydrogen-bond donors (Lipinski definition) is 2. The number of allylic oxidation sites excluding steroid dienone is 2. The molecule has 1 heterocycles. The van der Waals surface area contributed by atoms with Crippen molar-refractivity contribution in [3.8, 4) is 0 Å². The zero-order valence-electron chi connectivity index (χ0n) is 14.2. The predicted molar refractivity (Wildman–Crippen MR) is 96.6 cm³/mol. The van der Waals surface area contributed by atoms with Crippen molar-refractivity contribution in [2.45, 2.75) is 45.4 Å². The third-order valence-corrected chi connectivity index (χ3v) is 3.89. The van der Waals surface area contributed by atoms with Gasteiger partial charge in [-0.2, -0.15) is 0 Å². The molecule has 0 fully saturated rings. The largest absolute Gasteiger partial charge is 0.481 e. The quantitative estimate of drug-likeness (QED) is 0.776. The monoisotopic (exact) mass is 335 g/mol. The van der Waals surface area contributed by atoms with Gasteiger partial charge in [-0.15, -0.1) is 6.58 Å². The van der Waals surface area contributed by atoms with Gasteiger partial charge < -0.3 is 10.4 Å². The Morgan fingerprint density at radius 2 is 1.96 bits per heavy atom. The first-order chi connectivity index (χ1) is 11.0. The van der Waals surface area contributed by atoms with Crippen LogP contribution in [0.25, 0.3) is 0 Å². The fraction of sp³-hybridized carbons (Fsp3) is 0.333. The second-order valence-corrected chi connectivity index (χ2v) is 5.58.